The summed E-state index contributed by atoms with van der Waals surface area (Å²) in [6.07, 6.45) is 3.76. The predicted molar refractivity (Wildman–Crippen MR) is 97.0 cm³/mol. The molecule has 1 atom stereocenters. The van der Waals surface area contributed by atoms with E-state index in [1.165, 1.54) is 5.01 Å². The summed E-state index contributed by atoms with van der Waals surface area (Å²) in [5.41, 5.74) is 2.90. The van der Waals surface area contributed by atoms with Gasteiger partial charge in [0.1, 0.15) is 0 Å². The van der Waals surface area contributed by atoms with Crippen LogP contribution in [0.4, 0.5) is 9.59 Å². The van der Waals surface area contributed by atoms with Crippen molar-refractivity contribution < 1.29 is 19.1 Å². The molecule has 1 aromatic carbocycles. The first-order valence-electron chi connectivity index (χ1n) is 8.55. The van der Waals surface area contributed by atoms with Crippen LogP contribution < -0.4 is 5.43 Å². The number of carbonyl (C=O) groups excluding carboxylic acids is 2. The van der Waals surface area contributed by atoms with Crippen molar-refractivity contribution in [3.05, 3.63) is 48.0 Å². The Hall–Kier alpha value is -2.50. The molecular formula is C19H28N2O4. The monoisotopic (exact) mass is 348 g/mol. The third-order valence-corrected chi connectivity index (χ3v) is 3.73. The minimum atomic E-state index is -0.760. The lowest BCUT2D eigenvalue weighted by atomic mass is 9.92. The van der Waals surface area contributed by atoms with E-state index in [0.29, 0.717) is 6.42 Å². The van der Waals surface area contributed by atoms with Gasteiger partial charge in [-0.2, -0.15) is 0 Å². The highest BCUT2D eigenvalue weighted by Crippen LogP contribution is 2.23. The van der Waals surface area contributed by atoms with Crippen LogP contribution in [0.5, 0.6) is 0 Å². The maximum Gasteiger partial charge on any atom is 0.429 e. The van der Waals surface area contributed by atoms with Crippen LogP contribution in [0, 0.1) is 0 Å². The van der Waals surface area contributed by atoms with E-state index in [0.717, 1.165) is 12.0 Å². The topological polar surface area (TPSA) is 67.9 Å². The van der Waals surface area contributed by atoms with Gasteiger partial charge in [-0.15, -0.1) is 0 Å². The minimum absolute atomic E-state index is 0.213. The highest BCUT2D eigenvalue weighted by molar-refractivity contribution is 5.75. The minimum Gasteiger partial charge on any atom is -0.449 e. The molecule has 138 valence electrons. The van der Waals surface area contributed by atoms with Gasteiger partial charge in [0.25, 0.3) is 0 Å². The summed E-state index contributed by atoms with van der Waals surface area (Å²) in [5, 5.41) is 1.21. The average Bonchev–Trinajstić information content (AvgIpc) is 2.59. The van der Waals surface area contributed by atoms with Gasteiger partial charge in [-0.3, -0.25) is 0 Å². The number of hydrazine groups is 1. The van der Waals surface area contributed by atoms with Gasteiger partial charge in [0.2, 0.25) is 0 Å². The molecule has 1 aromatic rings. The second kappa shape index (κ2) is 10.4. The smallest absolute Gasteiger partial charge is 0.429 e. The molecular weight excluding hydrogens is 320 g/mol. The largest absolute Gasteiger partial charge is 0.449 e. The van der Waals surface area contributed by atoms with E-state index in [1.807, 2.05) is 56.3 Å². The lowest BCUT2D eigenvalue weighted by Crippen LogP contribution is -2.58. The first kappa shape index (κ1) is 20.5. The fourth-order valence-corrected chi connectivity index (χ4v) is 2.50. The first-order chi connectivity index (χ1) is 12.0. The fourth-order valence-electron chi connectivity index (χ4n) is 2.50. The summed E-state index contributed by atoms with van der Waals surface area (Å²) >= 11 is 0. The number of hydrogen-bond acceptors (Lipinski definition) is 4. The Balaban J connectivity index is 3.02. The number of carbonyl (C=O) groups is 2. The predicted octanol–water partition coefficient (Wildman–Crippen LogP) is 4.07. The number of ether oxygens (including phenoxy) is 2. The molecule has 0 aliphatic rings. The maximum absolute atomic E-state index is 12.4. The molecule has 0 heterocycles. The van der Waals surface area contributed by atoms with Crippen LogP contribution >= 0.6 is 0 Å². The Morgan fingerprint density at radius 1 is 1.16 bits per heavy atom. The number of aryl methyl sites for hydroxylation is 1. The van der Waals surface area contributed by atoms with E-state index in [2.05, 4.69) is 5.43 Å². The molecule has 0 saturated heterocycles. The van der Waals surface area contributed by atoms with Gasteiger partial charge in [0, 0.05) is 0 Å². The van der Waals surface area contributed by atoms with E-state index in [4.69, 9.17) is 9.47 Å². The van der Waals surface area contributed by atoms with Gasteiger partial charge in [-0.05, 0) is 46.1 Å². The quantitative estimate of drug-likeness (QED) is 0.596. The van der Waals surface area contributed by atoms with Crippen molar-refractivity contribution in [1.82, 2.24) is 10.4 Å². The Morgan fingerprint density at radius 2 is 1.80 bits per heavy atom. The Bertz CT molecular complexity index is 574. The molecule has 0 aliphatic heterocycles. The van der Waals surface area contributed by atoms with Crippen LogP contribution in [-0.2, 0) is 15.9 Å². The molecule has 0 radical (unpaired) electrons. The van der Waals surface area contributed by atoms with Crippen LogP contribution in [0.25, 0.3) is 0 Å². The van der Waals surface area contributed by atoms with Crippen molar-refractivity contribution in [3.63, 3.8) is 0 Å². The van der Waals surface area contributed by atoms with E-state index in [9.17, 15) is 9.59 Å². The van der Waals surface area contributed by atoms with Crippen molar-refractivity contribution >= 4 is 12.2 Å². The number of hydrogen-bond donors (Lipinski definition) is 1. The highest BCUT2D eigenvalue weighted by Gasteiger charge is 2.36. The zero-order valence-corrected chi connectivity index (χ0v) is 15.5. The second-order valence-electron chi connectivity index (χ2n) is 5.71. The van der Waals surface area contributed by atoms with Gasteiger partial charge in [-0.1, -0.05) is 42.5 Å². The molecule has 2 amide bonds. The number of nitrogens with one attached hydrogen (secondary N) is 1. The molecule has 0 saturated carbocycles. The summed E-state index contributed by atoms with van der Waals surface area (Å²) in [6.45, 7) is 7.59. The lowest BCUT2D eigenvalue weighted by Gasteiger charge is -2.37. The Kier molecular flexibility index (Phi) is 8.53. The molecule has 1 N–H and O–H groups in total. The molecule has 0 bridgehead atoms. The van der Waals surface area contributed by atoms with Gasteiger partial charge < -0.3 is 9.47 Å². The van der Waals surface area contributed by atoms with Gasteiger partial charge >= 0.3 is 12.2 Å². The van der Waals surface area contributed by atoms with E-state index in [-0.39, 0.29) is 13.2 Å². The third kappa shape index (κ3) is 6.49. The summed E-state index contributed by atoms with van der Waals surface area (Å²) in [7, 11) is 0. The molecule has 25 heavy (non-hydrogen) atoms. The normalized spacial score (nSPS) is 13.1. The van der Waals surface area contributed by atoms with Crippen molar-refractivity contribution in [1.29, 1.82) is 0 Å². The molecule has 0 aliphatic carbocycles. The van der Waals surface area contributed by atoms with E-state index < -0.39 is 17.7 Å². The number of amides is 2. The Morgan fingerprint density at radius 3 is 2.36 bits per heavy atom. The van der Waals surface area contributed by atoms with Crippen LogP contribution in [0.15, 0.2) is 42.5 Å². The van der Waals surface area contributed by atoms with Crippen LogP contribution in [0.1, 0.15) is 39.7 Å². The number of rotatable bonds is 7. The van der Waals surface area contributed by atoms with Crippen LogP contribution in [0.2, 0.25) is 0 Å². The number of benzene rings is 1. The lowest BCUT2D eigenvalue weighted by molar-refractivity contribution is 0.0360. The molecule has 0 fully saturated rings. The first-order valence-corrected chi connectivity index (χ1v) is 8.55. The van der Waals surface area contributed by atoms with Crippen molar-refractivity contribution in [3.8, 4) is 0 Å². The van der Waals surface area contributed by atoms with Crippen LogP contribution in [0.3, 0.4) is 0 Å². The Labute approximate surface area is 149 Å². The van der Waals surface area contributed by atoms with Crippen molar-refractivity contribution in [2.45, 2.75) is 46.1 Å². The fraction of sp³-hybridized carbons (Fsp3) is 0.474. The SMILES string of the molecule is C/C=C/C(C)(CCc1ccccc1)N(NC(=O)OCC)C(=O)OCC. The molecule has 0 aromatic heterocycles. The van der Waals surface area contributed by atoms with Crippen molar-refractivity contribution in [2.24, 2.45) is 0 Å². The molecule has 0 spiro atoms. The average molecular weight is 348 g/mol. The standard InChI is InChI=1S/C19H28N2O4/c1-5-14-19(4,15-13-16-11-9-8-10-12-16)21(18(23)25-7-3)20-17(22)24-6-2/h5,8-12,14H,6-7,13,15H2,1-4H3,(H,20,22)/b14-5+. The van der Waals surface area contributed by atoms with Crippen molar-refractivity contribution in [2.75, 3.05) is 13.2 Å². The zero-order chi connectivity index (χ0) is 18.7. The summed E-state index contributed by atoms with van der Waals surface area (Å²) < 4.78 is 10.0. The summed E-state index contributed by atoms with van der Waals surface area (Å²) in [5.74, 6) is 0. The molecule has 1 unspecified atom stereocenters. The van der Waals surface area contributed by atoms with Gasteiger partial charge in [-0.25, -0.2) is 20.0 Å². The highest BCUT2D eigenvalue weighted by atomic mass is 16.6. The molecule has 6 nitrogen and oxygen atoms in total. The zero-order valence-electron chi connectivity index (χ0n) is 15.5. The number of allylic oxidation sites excluding steroid dienone is 1. The number of nitrogens with zero attached hydrogens (tertiary/aromatic N) is 1. The van der Waals surface area contributed by atoms with Crippen LogP contribution in [-0.4, -0.2) is 35.9 Å². The van der Waals surface area contributed by atoms with Gasteiger partial charge in [0.15, 0.2) is 0 Å². The third-order valence-electron chi connectivity index (χ3n) is 3.73. The molecule has 1 rings (SSSR count). The van der Waals surface area contributed by atoms with Gasteiger partial charge in [0.05, 0.1) is 18.8 Å². The van der Waals surface area contributed by atoms with E-state index >= 15 is 0 Å². The maximum atomic E-state index is 12.4. The second-order valence-corrected chi connectivity index (χ2v) is 5.71. The molecule has 6 heteroatoms. The summed E-state index contributed by atoms with van der Waals surface area (Å²) in [4.78, 5) is 24.3. The van der Waals surface area contributed by atoms with E-state index in [1.54, 1.807) is 13.8 Å². The summed E-state index contributed by atoms with van der Waals surface area (Å²) in [6, 6.07) is 9.97.